The summed E-state index contributed by atoms with van der Waals surface area (Å²) in [6, 6.07) is 11.4. The molecule has 2 aromatic rings. The summed E-state index contributed by atoms with van der Waals surface area (Å²) in [5, 5.41) is 2.75. The third-order valence-electron chi connectivity index (χ3n) is 2.97. The second kappa shape index (κ2) is 5.84. The fourth-order valence-corrected chi connectivity index (χ4v) is 1.97. The zero-order valence-corrected chi connectivity index (χ0v) is 11.5. The van der Waals surface area contributed by atoms with Crippen LogP contribution in [-0.2, 0) is 0 Å². The third kappa shape index (κ3) is 3.42. The lowest BCUT2D eigenvalue weighted by Gasteiger charge is -2.10. The number of nitrogens with two attached hydrogens (primary N) is 1. The van der Waals surface area contributed by atoms with Crippen LogP contribution in [0.15, 0.2) is 42.5 Å². The van der Waals surface area contributed by atoms with Gasteiger partial charge in [0.05, 0.1) is 0 Å². The van der Waals surface area contributed by atoms with Gasteiger partial charge in [-0.1, -0.05) is 12.1 Å². The maximum atomic E-state index is 13.3. The molecule has 0 radical (unpaired) electrons. The van der Waals surface area contributed by atoms with Crippen molar-refractivity contribution >= 4 is 11.6 Å². The maximum Gasteiger partial charge on any atom is 0.255 e. The number of anilines is 1. The molecule has 2 rings (SSSR count). The minimum atomic E-state index is -0.417. The van der Waals surface area contributed by atoms with Gasteiger partial charge >= 0.3 is 0 Å². The molecule has 2 aromatic carbocycles. The van der Waals surface area contributed by atoms with Crippen LogP contribution >= 0.6 is 0 Å². The number of nitrogens with one attached hydrogen (secondary N) is 1. The van der Waals surface area contributed by atoms with Crippen LogP contribution in [0.5, 0.6) is 0 Å². The first kappa shape index (κ1) is 14.2. The first-order valence-corrected chi connectivity index (χ1v) is 6.40. The molecule has 0 saturated carbocycles. The van der Waals surface area contributed by atoms with E-state index < -0.39 is 5.82 Å². The Morgan fingerprint density at radius 3 is 2.65 bits per heavy atom. The van der Waals surface area contributed by atoms with Gasteiger partial charge in [0.2, 0.25) is 0 Å². The molecule has 0 aliphatic carbocycles. The van der Waals surface area contributed by atoms with E-state index in [-0.39, 0.29) is 11.9 Å². The number of hydrogen-bond donors (Lipinski definition) is 2. The van der Waals surface area contributed by atoms with Gasteiger partial charge in [-0.25, -0.2) is 4.39 Å². The molecule has 104 valence electrons. The normalized spacial score (nSPS) is 12.0. The predicted octanol–water partition coefficient (Wildman–Crippen LogP) is 3.41. The fraction of sp³-hybridized carbons (Fsp3) is 0.188. The molecule has 0 saturated heterocycles. The number of carbonyl (C=O) groups excluding carboxylic acids is 1. The molecule has 1 amide bonds. The topological polar surface area (TPSA) is 55.1 Å². The zero-order valence-electron chi connectivity index (χ0n) is 11.5. The second-order valence-electron chi connectivity index (χ2n) is 4.89. The summed E-state index contributed by atoms with van der Waals surface area (Å²) in [5.74, 6) is -0.756. The summed E-state index contributed by atoms with van der Waals surface area (Å²) < 4.78 is 13.3. The molecule has 1 atom stereocenters. The zero-order chi connectivity index (χ0) is 14.7. The van der Waals surface area contributed by atoms with E-state index in [0.29, 0.717) is 16.8 Å². The van der Waals surface area contributed by atoms with Crippen molar-refractivity contribution in [1.82, 2.24) is 0 Å². The Hall–Kier alpha value is -2.20. The molecule has 0 aromatic heterocycles. The number of aryl methyl sites for hydroxylation is 1. The highest BCUT2D eigenvalue weighted by Gasteiger charge is 2.09. The third-order valence-corrected chi connectivity index (χ3v) is 2.97. The Morgan fingerprint density at radius 1 is 1.25 bits per heavy atom. The molecule has 0 fully saturated rings. The van der Waals surface area contributed by atoms with Crippen LogP contribution in [0.4, 0.5) is 10.1 Å². The molecule has 0 heterocycles. The van der Waals surface area contributed by atoms with E-state index in [4.69, 9.17) is 5.73 Å². The van der Waals surface area contributed by atoms with Crippen molar-refractivity contribution in [3.63, 3.8) is 0 Å². The van der Waals surface area contributed by atoms with Crippen molar-refractivity contribution in [2.24, 2.45) is 5.73 Å². The Bertz CT molecular complexity index is 618. The quantitative estimate of drug-likeness (QED) is 0.899. The smallest absolute Gasteiger partial charge is 0.255 e. The van der Waals surface area contributed by atoms with Gasteiger partial charge in [0.15, 0.2) is 0 Å². The standard InChI is InChI=1S/C16H17FN2O/c1-10-6-13(8-14(17)7-10)16(20)19-15-5-3-4-12(9-15)11(2)18/h3-9,11H,18H2,1-2H3,(H,19,20). The van der Waals surface area contributed by atoms with Gasteiger partial charge in [-0.2, -0.15) is 0 Å². The summed E-state index contributed by atoms with van der Waals surface area (Å²) in [6.07, 6.45) is 0. The number of halogens is 1. The first-order valence-electron chi connectivity index (χ1n) is 6.40. The lowest BCUT2D eigenvalue weighted by Crippen LogP contribution is -2.13. The van der Waals surface area contributed by atoms with E-state index in [0.717, 1.165) is 5.56 Å². The fourth-order valence-electron chi connectivity index (χ4n) is 1.97. The van der Waals surface area contributed by atoms with Gasteiger partial charge in [0.1, 0.15) is 5.82 Å². The van der Waals surface area contributed by atoms with Crippen LogP contribution in [0.2, 0.25) is 0 Å². The highest BCUT2D eigenvalue weighted by atomic mass is 19.1. The van der Waals surface area contributed by atoms with Gasteiger partial charge in [0, 0.05) is 17.3 Å². The highest BCUT2D eigenvalue weighted by Crippen LogP contribution is 2.17. The summed E-state index contributed by atoms with van der Waals surface area (Å²) in [7, 11) is 0. The van der Waals surface area contributed by atoms with Crippen molar-refractivity contribution in [2.75, 3.05) is 5.32 Å². The minimum absolute atomic E-state index is 0.108. The number of hydrogen-bond acceptors (Lipinski definition) is 2. The summed E-state index contributed by atoms with van der Waals surface area (Å²) in [4.78, 5) is 12.1. The van der Waals surface area contributed by atoms with Gasteiger partial charge in [-0.3, -0.25) is 4.79 Å². The molecule has 3 N–H and O–H groups in total. The number of amides is 1. The first-order chi connectivity index (χ1) is 9.45. The minimum Gasteiger partial charge on any atom is -0.324 e. The van der Waals surface area contributed by atoms with E-state index in [9.17, 15) is 9.18 Å². The summed E-state index contributed by atoms with van der Waals surface area (Å²) in [5.41, 5.74) is 8.38. The Kier molecular flexibility index (Phi) is 4.15. The predicted molar refractivity (Wildman–Crippen MR) is 78.1 cm³/mol. The number of carbonyl (C=O) groups is 1. The second-order valence-corrected chi connectivity index (χ2v) is 4.89. The van der Waals surface area contributed by atoms with Gasteiger partial charge in [0.25, 0.3) is 5.91 Å². The molecule has 1 unspecified atom stereocenters. The summed E-state index contributed by atoms with van der Waals surface area (Å²) >= 11 is 0. The molecular formula is C16H17FN2O. The average Bonchev–Trinajstić information content (AvgIpc) is 2.37. The highest BCUT2D eigenvalue weighted by molar-refractivity contribution is 6.04. The van der Waals surface area contributed by atoms with Crippen molar-refractivity contribution < 1.29 is 9.18 Å². The van der Waals surface area contributed by atoms with Gasteiger partial charge < -0.3 is 11.1 Å². The molecule has 3 nitrogen and oxygen atoms in total. The Balaban J connectivity index is 2.21. The average molecular weight is 272 g/mol. The van der Waals surface area contributed by atoms with Crippen molar-refractivity contribution in [2.45, 2.75) is 19.9 Å². The molecule has 0 bridgehead atoms. The molecule has 20 heavy (non-hydrogen) atoms. The number of rotatable bonds is 3. The summed E-state index contributed by atoms with van der Waals surface area (Å²) in [6.45, 7) is 3.62. The lowest BCUT2D eigenvalue weighted by atomic mass is 10.1. The van der Waals surface area contributed by atoms with E-state index in [2.05, 4.69) is 5.32 Å². The largest absolute Gasteiger partial charge is 0.324 e. The number of benzene rings is 2. The van der Waals surface area contributed by atoms with E-state index >= 15 is 0 Å². The van der Waals surface area contributed by atoms with Gasteiger partial charge in [-0.05, 0) is 55.3 Å². The van der Waals surface area contributed by atoms with Crippen molar-refractivity contribution in [1.29, 1.82) is 0 Å². The Morgan fingerprint density at radius 2 is 2.00 bits per heavy atom. The van der Waals surface area contributed by atoms with Crippen LogP contribution in [0.3, 0.4) is 0 Å². The monoisotopic (exact) mass is 272 g/mol. The Labute approximate surface area is 117 Å². The van der Waals surface area contributed by atoms with Crippen LogP contribution in [0.25, 0.3) is 0 Å². The van der Waals surface area contributed by atoms with E-state index in [1.54, 1.807) is 19.1 Å². The lowest BCUT2D eigenvalue weighted by molar-refractivity contribution is 0.102. The molecule has 4 heteroatoms. The van der Waals surface area contributed by atoms with Crippen LogP contribution in [0, 0.1) is 12.7 Å². The molecular weight excluding hydrogens is 255 g/mol. The molecule has 0 aliphatic heterocycles. The maximum absolute atomic E-state index is 13.3. The SMILES string of the molecule is Cc1cc(F)cc(C(=O)Nc2cccc(C(C)N)c2)c1. The molecule has 0 spiro atoms. The van der Waals surface area contributed by atoms with Crippen molar-refractivity contribution in [3.8, 4) is 0 Å². The van der Waals surface area contributed by atoms with E-state index in [1.165, 1.54) is 12.1 Å². The van der Waals surface area contributed by atoms with Crippen molar-refractivity contribution in [3.05, 3.63) is 65.0 Å². The van der Waals surface area contributed by atoms with Gasteiger partial charge in [-0.15, -0.1) is 0 Å². The van der Waals surface area contributed by atoms with Crippen LogP contribution < -0.4 is 11.1 Å². The van der Waals surface area contributed by atoms with Crippen LogP contribution in [0.1, 0.15) is 34.5 Å². The molecule has 0 aliphatic rings. The van der Waals surface area contributed by atoms with E-state index in [1.807, 2.05) is 25.1 Å². The van der Waals surface area contributed by atoms with Crippen LogP contribution in [-0.4, -0.2) is 5.91 Å².